The standard InChI is InChI=1S/C14H14Cl2N2O3S2/c15-11-6-10(7-12(16)8-11)3-4-17-13(19)9-18-23(20,21)14-2-1-5-22-14/h1-2,5-8,18H,3-4,9H2,(H,17,19). The van der Waals surface area contributed by atoms with Crippen LogP contribution in [0.1, 0.15) is 5.56 Å². The Morgan fingerprint density at radius 2 is 1.87 bits per heavy atom. The van der Waals surface area contributed by atoms with E-state index in [4.69, 9.17) is 23.2 Å². The van der Waals surface area contributed by atoms with E-state index < -0.39 is 15.9 Å². The number of halogens is 2. The Morgan fingerprint density at radius 1 is 1.17 bits per heavy atom. The van der Waals surface area contributed by atoms with Crippen molar-refractivity contribution >= 4 is 50.5 Å². The molecule has 2 rings (SSSR count). The van der Waals surface area contributed by atoms with Gasteiger partial charge in [-0.25, -0.2) is 13.1 Å². The summed E-state index contributed by atoms with van der Waals surface area (Å²) < 4.78 is 26.2. The van der Waals surface area contributed by atoms with E-state index in [0.29, 0.717) is 23.0 Å². The van der Waals surface area contributed by atoms with Gasteiger partial charge in [0, 0.05) is 16.6 Å². The minimum Gasteiger partial charge on any atom is -0.355 e. The average Bonchev–Trinajstić information content (AvgIpc) is 2.99. The molecule has 0 aliphatic heterocycles. The summed E-state index contributed by atoms with van der Waals surface area (Å²) in [4.78, 5) is 11.7. The summed E-state index contributed by atoms with van der Waals surface area (Å²) in [5.74, 6) is -0.404. The van der Waals surface area contributed by atoms with Crippen molar-refractivity contribution < 1.29 is 13.2 Å². The number of thiophene rings is 1. The van der Waals surface area contributed by atoms with Crippen molar-refractivity contribution in [3.63, 3.8) is 0 Å². The monoisotopic (exact) mass is 392 g/mol. The zero-order valence-electron chi connectivity index (χ0n) is 11.9. The average molecular weight is 393 g/mol. The van der Waals surface area contributed by atoms with Crippen molar-refractivity contribution in [2.75, 3.05) is 13.1 Å². The third-order valence-electron chi connectivity index (χ3n) is 2.84. The van der Waals surface area contributed by atoms with Crippen LogP contribution >= 0.6 is 34.5 Å². The molecule has 1 aromatic heterocycles. The highest BCUT2D eigenvalue weighted by Crippen LogP contribution is 2.19. The molecular weight excluding hydrogens is 379 g/mol. The van der Waals surface area contributed by atoms with E-state index >= 15 is 0 Å². The first-order valence-corrected chi connectivity index (χ1v) is 9.73. The Balaban J connectivity index is 1.77. The summed E-state index contributed by atoms with van der Waals surface area (Å²) in [6.45, 7) is 0.0484. The fourth-order valence-corrected chi connectivity index (χ4v) is 4.40. The van der Waals surface area contributed by atoms with Crippen LogP contribution < -0.4 is 10.0 Å². The lowest BCUT2D eigenvalue weighted by molar-refractivity contribution is -0.119. The van der Waals surface area contributed by atoms with Crippen LogP contribution in [0.15, 0.2) is 39.9 Å². The fraction of sp³-hybridized carbons (Fsp3) is 0.214. The fourth-order valence-electron chi connectivity index (χ4n) is 1.81. The molecule has 9 heteroatoms. The Bertz CT molecular complexity index is 757. The van der Waals surface area contributed by atoms with Gasteiger partial charge in [0.2, 0.25) is 5.91 Å². The van der Waals surface area contributed by atoms with E-state index in [1.54, 1.807) is 29.6 Å². The highest BCUT2D eigenvalue weighted by atomic mass is 35.5. The maximum atomic E-state index is 11.9. The molecule has 0 aliphatic rings. The Morgan fingerprint density at radius 3 is 2.48 bits per heavy atom. The first kappa shape index (κ1) is 18.2. The van der Waals surface area contributed by atoms with Gasteiger partial charge in [-0.3, -0.25) is 4.79 Å². The van der Waals surface area contributed by atoms with Crippen molar-refractivity contribution in [2.24, 2.45) is 0 Å². The van der Waals surface area contributed by atoms with E-state index in [0.717, 1.165) is 16.9 Å². The lowest BCUT2D eigenvalue weighted by Crippen LogP contribution is -2.37. The summed E-state index contributed by atoms with van der Waals surface area (Å²) in [6, 6.07) is 8.27. The number of nitrogens with one attached hydrogen (secondary N) is 2. The lowest BCUT2D eigenvalue weighted by Gasteiger charge is -2.07. The number of sulfonamides is 1. The van der Waals surface area contributed by atoms with E-state index in [1.807, 2.05) is 0 Å². The second kappa shape index (κ2) is 8.12. The number of amides is 1. The SMILES string of the molecule is O=C(CNS(=O)(=O)c1cccs1)NCCc1cc(Cl)cc(Cl)c1. The predicted octanol–water partition coefficient (Wildman–Crippen LogP) is 2.69. The van der Waals surface area contributed by atoms with Crippen molar-refractivity contribution in [3.05, 3.63) is 51.3 Å². The number of hydrogen-bond acceptors (Lipinski definition) is 4. The van der Waals surface area contributed by atoms with E-state index in [2.05, 4.69) is 10.0 Å². The molecule has 0 saturated carbocycles. The second-order valence-corrected chi connectivity index (χ2v) is 8.45. The molecule has 0 saturated heterocycles. The van der Waals surface area contributed by atoms with Crippen molar-refractivity contribution in [2.45, 2.75) is 10.6 Å². The largest absolute Gasteiger partial charge is 0.355 e. The third kappa shape index (κ3) is 5.78. The molecule has 1 heterocycles. The number of carbonyl (C=O) groups is 1. The molecule has 23 heavy (non-hydrogen) atoms. The second-order valence-electron chi connectivity index (χ2n) is 4.63. The quantitative estimate of drug-likeness (QED) is 0.760. The minimum atomic E-state index is -3.63. The number of benzene rings is 1. The third-order valence-corrected chi connectivity index (χ3v) is 6.08. The molecule has 0 radical (unpaired) electrons. The van der Waals surface area contributed by atoms with Gasteiger partial charge in [-0.05, 0) is 41.6 Å². The van der Waals surface area contributed by atoms with Gasteiger partial charge in [-0.15, -0.1) is 11.3 Å². The molecule has 2 N–H and O–H groups in total. The van der Waals surface area contributed by atoms with E-state index in [9.17, 15) is 13.2 Å². The Labute approximate surface area is 148 Å². The van der Waals surface area contributed by atoms with Crippen LogP contribution in [0.2, 0.25) is 10.0 Å². The van der Waals surface area contributed by atoms with Gasteiger partial charge < -0.3 is 5.32 Å². The highest BCUT2D eigenvalue weighted by molar-refractivity contribution is 7.91. The molecule has 124 valence electrons. The zero-order chi connectivity index (χ0) is 16.9. The smallest absolute Gasteiger partial charge is 0.250 e. The van der Waals surface area contributed by atoms with Gasteiger partial charge >= 0.3 is 0 Å². The number of carbonyl (C=O) groups excluding carboxylic acids is 1. The van der Waals surface area contributed by atoms with Crippen LogP contribution in [0.3, 0.4) is 0 Å². The molecule has 1 amide bonds. The molecule has 0 spiro atoms. The zero-order valence-corrected chi connectivity index (χ0v) is 15.0. The normalized spacial score (nSPS) is 11.4. The molecular formula is C14H14Cl2N2O3S2. The number of hydrogen-bond donors (Lipinski definition) is 2. The first-order valence-electron chi connectivity index (χ1n) is 6.62. The van der Waals surface area contributed by atoms with Crippen LogP contribution in [0.25, 0.3) is 0 Å². The molecule has 0 atom stereocenters. The van der Waals surface area contributed by atoms with Gasteiger partial charge in [-0.2, -0.15) is 0 Å². The summed E-state index contributed by atoms with van der Waals surface area (Å²) in [5.41, 5.74) is 0.891. The Hall–Kier alpha value is -1.12. The van der Waals surface area contributed by atoms with Gasteiger partial charge in [0.05, 0.1) is 6.54 Å². The summed E-state index contributed by atoms with van der Waals surface area (Å²) in [7, 11) is -3.63. The van der Waals surface area contributed by atoms with Crippen LogP contribution in [-0.4, -0.2) is 27.4 Å². The highest BCUT2D eigenvalue weighted by Gasteiger charge is 2.16. The van der Waals surface area contributed by atoms with E-state index in [-0.39, 0.29) is 10.8 Å². The van der Waals surface area contributed by atoms with Crippen LogP contribution in [0.5, 0.6) is 0 Å². The molecule has 5 nitrogen and oxygen atoms in total. The molecule has 0 fully saturated rings. The van der Waals surface area contributed by atoms with Crippen molar-refractivity contribution in [3.8, 4) is 0 Å². The topological polar surface area (TPSA) is 75.3 Å². The maximum Gasteiger partial charge on any atom is 0.250 e. The molecule has 2 aromatic rings. The minimum absolute atomic E-state index is 0.180. The predicted molar refractivity (Wildman–Crippen MR) is 92.7 cm³/mol. The molecule has 1 aromatic carbocycles. The van der Waals surface area contributed by atoms with E-state index in [1.165, 1.54) is 6.07 Å². The summed E-state index contributed by atoms with van der Waals surface area (Å²) in [6.07, 6.45) is 0.545. The summed E-state index contributed by atoms with van der Waals surface area (Å²) >= 11 is 12.9. The molecule has 0 bridgehead atoms. The number of rotatable bonds is 7. The van der Waals surface area contributed by atoms with Gasteiger partial charge in [0.15, 0.2) is 0 Å². The van der Waals surface area contributed by atoms with Crippen LogP contribution in [-0.2, 0) is 21.2 Å². The maximum absolute atomic E-state index is 11.9. The lowest BCUT2D eigenvalue weighted by atomic mass is 10.1. The van der Waals surface area contributed by atoms with Crippen LogP contribution in [0, 0.1) is 0 Å². The summed E-state index contributed by atoms with van der Waals surface area (Å²) in [5, 5.41) is 5.36. The Kier molecular flexibility index (Phi) is 6.43. The van der Waals surface area contributed by atoms with Gasteiger partial charge in [-0.1, -0.05) is 29.3 Å². The van der Waals surface area contributed by atoms with Gasteiger partial charge in [0.1, 0.15) is 4.21 Å². The first-order chi connectivity index (χ1) is 10.9. The molecule has 0 unspecified atom stereocenters. The van der Waals surface area contributed by atoms with Crippen LogP contribution in [0.4, 0.5) is 0 Å². The molecule has 0 aliphatic carbocycles. The van der Waals surface area contributed by atoms with Crippen molar-refractivity contribution in [1.29, 1.82) is 0 Å². The van der Waals surface area contributed by atoms with Crippen molar-refractivity contribution in [1.82, 2.24) is 10.0 Å². The van der Waals surface area contributed by atoms with Gasteiger partial charge in [0.25, 0.3) is 10.0 Å².